The normalized spacial score (nSPS) is 10.8. The van der Waals surface area contributed by atoms with Crippen LogP contribution in [0.3, 0.4) is 0 Å². The van der Waals surface area contributed by atoms with E-state index in [2.05, 4.69) is 4.98 Å². The van der Waals surface area contributed by atoms with Gasteiger partial charge in [0.15, 0.2) is 11.6 Å². The lowest BCUT2D eigenvalue weighted by molar-refractivity contribution is 0.386. The molecule has 0 aliphatic heterocycles. The summed E-state index contributed by atoms with van der Waals surface area (Å²) in [7, 11) is 1.45. The fourth-order valence-electron chi connectivity index (χ4n) is 2.48. The summed E-state index contributed by atoms with van der Waals surface area (Å²) < 4.78 is 18.9. The number of rotatable bonds is 3. The molecule has 0 spiro atoms. The highest BCUT2D eigenvalue weighted by molar-refractivity contribution is 5.97. The first-order chi connectivity index (χ1) is 10.2. The number of halogens is 1. The van der Waals surface area contributed by atoms with Crippen LogP contribution in [0.15, 0.2) is 48.7 Å². The quantitative estimate of drug-likeness (QED) is 0.799. The average Bonchev–Trinajstić information content (AvgIpc) is 2.53. The fraction of sp³-hybridized carbons (Fsp3) is 0.118. The average molecular weight is 282 g/mol. The molecule has 0 amide bonds. The number of benzene rings is 2. The van der Waals surface area contributed by atoms with E-state index in [1.165, 1.54) is 13.2 Å². The molecule has 3 nitrogen and oxygen atoms in total. The van der Waals surface area contributed by atoms with Crippen LogP contribution < -0.4 is 10.5 Å². The second kappa shape index (κ2) is 5.50. The van der Waals surface area contributed by atoms with Crippen molar-refractivity contribution in [1.29, 1.82) is 0 Å². The maximum absolute atomic E-state index is 13.9. The van der Waals surface area contributed by atoms with Gasteiger partial charge in [0, 0.05) is 23.7 Å². The van der Waals surface area contributed by atoms with Gasteiger partial charge in [0.25, 0.3) is 0 Å². The molecule has 0 bridgehead atoms. The summed E-state index contributed by atoms with van der Waals surface area (Å²) in [5, 5.41) is 2.01. The van der Waals surface area contributed by atoms with Crippen LogP contribution in [0, 0.1) is 5.82 Å². The first-order valence-corrected chi connectivity index (χ1v) is 6.65. The predicted molar refractivity (Wildman–Crippen MR) is 81.6 cm³/mol. The van der Waals surface area contributed by atoms with Crippen LogP contribution in [-0.2, 0) is 6.54 Å². The molecule has 0 radical (unpaired) electrons. The van der Waals surface area contributed by atoms with Crippen LogP contribution >= 0.6 is 0 Å². The van der Waals surface area contributed by atoms with Crippen LogP contribution in [0.25, 0.3) is 21.9 Å². The monoisotopic (exact) mass is 282 g/mol. The number of methoxy groups -OCH3 is 1. The lowest BCUT2D eigenvalue weighted by atomic mass is 9.99. The van der Waals surface area contributed by atoms with Gasteiger partial charge < -0.3 is 10.5 Å². The lowest BCUT2D eigenvalue weighted by Gasteiger charge is -2.10. The van der Waals surface area contributed by atoms with E-state index in [0.717, 1.165) is 27.6 Å². The minimum atomic E-state index is -0.387. The number of nitrogens with two attached hydrogens (primary N) is 1. The molecule has 2 N–H and O–H groups in total. The van der Waals surface area contributed by atoms with Crippen molar-refractivity contribution in [3.8, 4) is 16.9 Å². The molecule has 21 heavy (non-hydrogen) atoms. The Morgan fingerprint density at radius 3 is 2.57 bits per heavy atom. The van der Waals surface area contributed by atoms with Crippen molar-refractivity contribution in [1.82, 2.24) is 4.98 Å². The molecule has 0 fully saturated rings. The SMILES string of the molecule is COc1ccc(-c2cnc(CN)c3ccccc23)cc1F. The van der Waals surface area contributed by atoms with Gasteiger partial charge in [-0.2, -0.15) is 0 Å². The van der Waals surface area contributed by atoms with E-state index in [9.17, 15) is 4.39 Å². The fourth-order valence-corrected chi connectivity index (χ4v) is 2.48. The lowest BCUT2D eigenvalue weighted by Crippen LogP contribution is -2.01. The molecule has 4 heteroatoms. The molecule has 0 unspecified atom stereocenters. The molecule has 2 aromatic carbocycles. The number of hydrogen-bond acceptors (Lipinski definition) is 3. The minimum Gasteiger partial charge on any atom is -0.494 e. The van der Waals surface area contributed by atoms with Crippen LogP contribution in [0.4, 0.5) is 4.39 Å². The third kappa shape index (κ3) is 2.34. The van der Waals surface area contributed by atoms with E-state index in [1.807, 2.05) is 30.3 Å². The summed E-state index contributed by atoms with van der Waals surface area (Å²) in [5.74, 6) is -0.156. The molecule has 1 aromatic heterocycles. The maximum atomic E-state index is 13.9. The van der Waals surface area contributed by atoms with Gasteiger partial charge in [-0.05, 0) is 23.1 Å². The van der Waals surface area contributed by atoms with E-state index in [-0.39, 0.29) is 11.6 Å². The second-order valence-electron chi connectivity index (χ2n) is 4.72. The number of hydrogen-bond donors (Lipinski definition) is 1. The largest absolute Gasteiger partial charge is 0.494 e. The van der Waals surface area contributed by atoms with Crippen LogP contribution in [0.2, 0.25) is 0 Å². The second-order valence-corrected chi connectivity index (χ2v) is 4.72. The Morgan fingerprint density at radius 1 is 1.14 bits per heavy atom. The van der Waals surface area contributed by atoms with Crippen LogP contribution in [-0.4, -0.2) is 12.1 Å². The van der Waals surface area contributed by atoms with Crippen molar-refractivity contribution in [2.24, 2.45) is 5.73 Å². The molecule has 0 aliphatic rings. The van der Waals surface area contributed by atoms with Gasteiger partial charge >= 0.3 is 0 Å². The van der Waals surface area contributed by atoms with E-state index in [4.69, 9.17) is 10.5 Å². The van der Waals surface area contributed by atoms with Gasteiger partial charge in [0.2, 0.25) is 0 Å². The van der Waals surface area contributed by atoms with Crippen molar-refractivity contribution in [3.05, 3.63) is 60.2 Å². The Morgan fingerprint density at radius 2 is 1.90 bits per heavy atom. The molecule has 0 saturated heterocycles. The van der Waals surface area contributed by atoms with E-state index < -0.39 is 0 Å². The topological polar surface area (TPSA) is 48.1 Å². The Bertz CT molecular complexity index is 802. The zero-order chi connectivity index (χ0) is 14.8. The Kier molecular flexibility index (Phi) is 3.54. The first kappa shape index (κ1) is 13.5. The van der Waals surface area contributed by atoms with E-state index >= 15 is 0 Å². The number of fused-ring (bicyclic) bond motifs is 1. The summed E-state index contributed by atoms with van der Waals surface area (Å²) >= 11 is 0. The number of aromatic nitrogens is 1. The highest BCUT2D eigenvalue weighted by Gasteiger charge is 2.10. The summed E-state index contributed by atoms with van der Waals surface area (Å²) in [6, 6.07) is 12.8. The molecule has 3 rings (SSSR count). The molecule has 3 aromatic rings. The van der Waals surface area contributed by atoms with Gasteiger partial charge in [-0.25, -0.2) is 4.39 Å². The van der Waals surface area contributed by atoms with Gasteiger partial charge in [-0.3, -0.25) is 4.98 Å². The highest BCUT2D eigenvalue weighted by Crippen LogP contribution is 2.31. The highest BCUT2D eigenvalue weighted by atomic mass is 19.1. The zero-order valence-corrected chi connectivity index (χ0v) is 11.6. The third-order valence-corrected chi connectivity index (χ3v) is 3.53. The molecular weight excluding hydrogens is 267 g/mol. The molecule has 0 atom stereocenters. The zero-order valence-electron chi connectivity index (χ0n) is 11.6. The van der Waals surface area contributed by atoms with Crippen molar-refractivity contribution in [2.75, 3.05) is 7.11 Å². The summed E-state index contributed by atoms with van der Waals surface area (Å²) in [4.78, 5) is 4.40. The Labute approximate surface area is 122 Å². The molecule has 0 saturated carbocycles. The van der Waals surface area contributed by atoms with Gasteiger partial charge in [-0.1, -0.05) is 30.3 Å². The summed E-state index contributed by atoms with van der Waals surface area (Å²) in [5.41, 5.74) is 8.21. The van der Waals surface area contributed by atoms with Crippen LogP contribution in [0.5, 0.6) is 5.75 Å². The standard InChI is InChI=1S/C17H15FN2O/c1-21-17-7-6-11(8-15(17)18)14-10-20-16(9-19)13-5-3-2-4-12(13)14/h2-8,10H,9,19H2,1H3. The van der Waals surface area contributed by atoms with Crippen molar-refractivity contribution in [2.45, 2.75) is 6.54 Å². The van der Waals surface area contributed by atoms with Crippen molar-refractivity contribution in [3.63, 3.8) is 0 Å². The van der Waals surface area contributed by atoms with Gasteiger partial charge in [-0.15, -0.1) is 0 Å². The van der Waals surface area contributed by atoms with Gasteiger partial charge in [0.1, 0.15) is 0 Å². The Hall–Kier alpha value is -2.46. The third-order valence-electron chi connectivity index (χ3n) is 3.53. The summed E-state index contributed by atoms with van der Waals surface area (Å²) in [6.45, 7) is 0.373. The molecular formula is C17H15FN2O. The Balaban J connectivity index is 2.23. The molecule has 106 valence electrons. The van der Waals surface area contributed by atoms with Crippen LogP contribution in [0.1, 0.15) is 5.69 Å². The molecule has 1 heterocycles. The predicted octanol–water partition coefficient (Wildman–Crippen LogP) is 3.51. The first-order valence-electron chi connectivity index (χ1n) is 6.65. The van der Waals surface area contributed by atoms with E-state index in [0.29, 0.717) is 6.54 Å². The maximum Gasteiger partial charge on any atom is 0.165 e. The molecule has 0 aliphatic carbocycles. The van der Waals surface area contributed by atoms with Gasteiger partial charge in [0.05, 0.1) is 12.8 Å². The number of pyridine rings is 1. The smallest absolute Gasteiger partial charge is 0.165 e. The van der Waals surface area contributed by atoms with Crippen molar-refractivity contribution >= 4 is 10.8 Å². The number of ether oxygens (including phenoxy) is 1. The van der Waals surface area contributed by atoms with E-state index in [1.54, 1.807) is 12.3 Å². The van der Waals surface area contributed by atoms with Crippen molar-refractivity contribution < 1.29 is 9.13 Å². The summed E-state index contributed by atoms with van der Waals surface area (Å²) in [6.07, 6.45) is 1.74. The number of nitrogens with zero attached hydrogens (tertiary/aromatic N) is 1. The minimum absolute atomic E-state index is 0.231.